The van der Waals surface area contributed by atoms with Crippen molar-refractivity contribution < 1.29 is 9.53 Å². The summed E-state index contributed by atoms with van der Waals surface area (Å²) in [6.07, 6.45) is 0.925. The maximum atomic E-state index is 12.8. The molecule has 1 aliphatic heterocycles. The second-order valence-corrected chi connectivity index (χ2v) is 7.83. The highest BCUT2D eigenvalue weighted by molar-refractivity contribution is 6.31. The van der Waals surface area contributed by atoms with Crippen LogP contribution >= 0.6 is 11.6 Å². The van der Waals surface area contributed by atoms with Crippen molar-refractivity contribution in [3.8, 4) is 5.75 Å². The predicted octanol–water partition coefficient (Wildman–Crippen LogP) is 3.80. The average molecular weight is 385 g/mol. The van der Waals surface area contributed by atoms with Crippen LogP contribution in [0.15, 0.2) is 48.5 Å². The van der Waals surface area contributed by atoms with Crippen LogP contribution < -0.4 is 4.74 Å². The topological polar surface area (TPSA) is 32.8 Å². The normalized spacial score (nSPS) is 22.5. The van der Waals surface area contributed by atoms with Gasteiger partial charge < -0.3 is 9.64 Å². The van der Waals surface area contributed by atoms with Crippen molar-refractivity contribution in [2.45, 2.75) is 18.9 Å². The summed E-state index contributed by atoms with van der Waals surface area (Å²) < 4.78 is 5.21. The van der Waals surface area contributed by atoms with Crippen molar-refractivity contribution in [3.63, 3.8) is 0 Å². The van der Waals surface area contributed by atoms with Gasteiger partial charge in [0.2, 0.25) is 5.91 Å². The number of benzene rings is 2. The maximum absolute atomic E-state index is 12.8. The number of carbonyl (C=O) groups excluding carboxylic acids is 1. The predicted molar refractivity (Wildman–Crippen MR) is 107 cm³/mol. The molecule has 0 bridgehead atoms. The molecule has 1 saturated carbocycles. The molecule has 2 unspecified atom stereocenters. The fourth-order valence-corrected chi connectivity index (χ4v) is 4.21. The van der Waals surface area contributed by atoms with Gasteiger partial charge in [-0.3, -0.25) is 9.69 Å². The number of nitrogens with zero attached hydrogens (tertiary/aromatic N) is 2. The molecule has 27 heavy (non-hydrogen) atoms. The Morgan fingerprint density at radius 3 is 2.44 bits per heavy atom. The fourth-order valence-electron chi connectivity index (χ4n) is 3.94. The molecule has 142 valence electrons. The highest BCUT2D eigenvalue weighted by Gasteiger charge is 2.46. The van der Waals surface area contributed by atoms with E-state index in [1.54, 1.807) is 7.11 Å². The number of hydrogen-bond donors (Lipinski definition) is 0. The van der Waals surface area contributed by atoms with Gasteiger partial charge in [-0.25, -0.2) is 0 Å². The SMILES string of the molecule is COc1ccc(CN2CCN(C(=O)C3CC3c3ccccc3Cl)CC2)cc1. The third kappa shape index (κ3) is 4.12. The molecule has 5 heteroatoms. The highest BCUT2D eigenvalue weighted by atomic mass is 35.5. The molecule has 1 amide bonds. The van der Waals surface area contributed by atoms with Crippen molar-refractivity contribution in [1.82, 2.24) is 9.80 Å². The third-order valence-corrected chi connectivity index (χ3v) is 6.01. The number of amides is 1. The lowest BCUT2D eigenvalue weighted by atomic mass is 10.1. The first-order valence-corrected chi connectivity index (χ1v) is 9.92. The molecule has 1 aliphatic carbocycles. The number of methoxy groups -OCH3 is 1. The molecule has 1 saturated heterocycles. The molecule has 4 nitrogen and oxygen atoms in total. The van der Waals surface area contributed by atoms with Gasteiger partial charge in [-0.1, -0.05) is 41.9 Å². The summed E-state index contributed by atoms with van der Waals surface area (Å²) in [6.45, 7) is 4.36. The van der Waals surface area contributed by atoms with E-state index in [2.05, 4.69) is 17.0 Å². The summed E-state index contributed by atoms with van der Waals surface area (Å²) in [5, 5.41) is 0.780. The lowest BCUT2D eigenvalue weighted by Gasteiger charge is -2.35. The second-order valence-electron chi connectivity index (χ2n) is 7.42. The van der Waals surface area contributed by atoms with Gasteiger partial charge in [0.05, 0.1) is 7.11 Å². The largest absolute Gasteiger partial charge is 0.497 e. The van der Waals surface area contributed by atoms with E-state index in [4.69, 9.17) is 16.3 Å². The van der Waals surface area contributed by atoms with E-state index in [0.29, 0.717) is 11.8 Å². The van der Waals surface area contributed by atoms with Gasteiger partial charge in [0.15, 0.2) is 0 Å². The molecule has 0 aromatic heterocycles. The maximum Gasteiger partial charge on any atom is 0.226 e. The summed E-state index contributed by atoms with van der Waals surface area (Å²) in [6, 6.07) is 16.1. The molecule has 2 atom stereocenters. The minimum absolute atomic E-state index is 0.109. The van der Waals surface area contributed by atoms with Crippen molar-refractivity contribution in [3.05, 3.63) is 64.7 Å². The first-order chi connectivity index (χ1) is 13.2. The Hall–Kier alpha value is -2.04. The molecule has 2 aliphatic rings. The first kappa shape index (κ1) is 18.3. The average Bonchev–Trinajstić information content (AvgIpc) is 3.49. The van der Waals surface area contributed by atoms with Crippen molar-refractivity contribution >= 4 is 17.5 Å². The molecule has 1 heterocycles. The van der Waals surface area contributed by atoms with E-state index < -0.39 is 0 Å². The minimum atomic E-state index is 0.109. The van der Waals surface area contributed by atoms with Crippen LogP contribution in [0.4, 0.5) is 0 Å². The summed E-state index contributed by atoms with van der Waals surface area (Å²) in [7, 11) is 1.68. The molecule has 4 rings (SSSR count). The van der Waals surface area contributed by atoms with Gasteiger partial charge >= 0.3 is 0 Å². The van der Waals surface area contributed by atoms with Gasteiger partial charge in [-0.2, -0.15) is 0 Å². The lowest BCUT2D eigenvalue weighted by molar-refractivity contribution is -0.134. The van der Waals surface area contributed by atoms with Crippen LogP contribution in [0.2, 0.25) is 5.02 Å². The minimum Gasteiger partial charge on any atom is -0.497 e. The van der Waals surface area contributed by atoms with Crippen LogP contribution in [0.25, 0.3) is 0 Å². The van der Waals surface area contributed by atoms with Crippen LogP contribution in [0.3, 0.4) is 0 Å². The molecule has 2 aromatic carbocycles. The van der Waals surface area contributed by atoms with Gasteiger partial charge in [0.25, 0.3) is 0 Å². The Bertz CT molecular complexity index is 800. The van der Waals surface area contributed by atoms with Crippen LogP contribution in [-0.4, -0.2) is 49.0 Å². The van der Waals surface area contributed by atoms with E-state index in [-0.39, 0.29) is 5.92 Å². The zero-order chi connectivity index (χ0) is 18.8. The number of halogens is 1. The molecule has 2 aromatic rings. The van der Waals surface area contributed by atoms with Crippen LogP contribution in [0.1, 0.15) is 23.5 Å². The van der Waals surface area contributed by atoms with Crippen molar-refractivity contribution in [2.24, 2.45) is 5.92 Å². The molecule has 2 fully saturated rings. The monoisotopic (exact) mass is 384 g/mol. The summed E-state index contributed by atoms with van der Waals surface area (Å²) >= 11 is 6.29. The van der Waals surface area contributed by atoms with Crippen molar-refractivity contribution in [1.29, 1.82) is 0 Å². The van der Waals surface area contributed by atoms with Crippen molar-refractivity contribution in [2.75, 3.05) is 33.3 Å². The molecular formula is C22H25ClN2O2. The van der Waals surface area contributed by atoms with E-state index in [1.807, 2.05) is 41.3 Å². The van der Waals surface area contributed by atoms with E-state index >= 15 is 0 Å². The standard InChI is InChI=1S/C22H25ClN2O2/c1-27-17-8-6-16(7-9-17)15-24-10-12-25(13-11-24)22(26)20-14-19(20)18-4-2-3-5-21(18)23/h2-9,19-20H,10-15H2,1H3. The summed E-state index contributed by atoms with van der Waals surface area (Å²) in [4.78, 5) is 17.3. The van der Waals surface area contributed by atoms with Gasteiger partial charge in [0.1, 0.15) is 5.75 Å². The number of rotatable bonds is 5. The number of hydrogen-bond acceptors (Lipinski definition) is 3. The van der Waals surface area contributed by atoms with Gasteiger partial charge in [-0.05, 0) is 41.7 Å². The number of piperazine rings is 1. The molecule has 0 spiro atoms. The molecule has 0 N–H and O–H groups in total. The molecular weight excluding hydrogens is 360 g/mol. The smallest absolute Gasteiger partial charge is 0.226 e. The van der Waals surface area contributed by atoms with Crippen LogP contribution in [0.5, 0.6) is 5.75 Å². The van der Waals surface area contributed by atoms with Crippen LogP contribution in [0, 0.1) is 5.92 Å². The Morgan fingerprint density at radius 2 is 1.78 bits per heavy atom. The fraction of sp³-hybridized carbons (Fsp3) is 0.409. The second kappa shape index (κ2) is 7.91. The number of ether oxygens (including phenoxy) is 1. The van der Waals surface area contributed by atoms with Gasteiger partial charge in [-0.15, -0.1) is 0 Å². The summed E-state index contributed by atoms with van der Waals surface area (Å²) in [5.74, 6) is 1.58. The zero-order valence-electron chi connectivity index (χ0n) is 15.6. The Labute approximate surface area is 165 Å². The molecule has 0 radical (unpaired) electrons. The van der Waals surface area contributed by atoms with E-state index in [1.165, 1.54) is 5.56 Å². The quantitative estimate of drug-likeness (QED) is 0.786. The van der Waals surface area contributed by atoms with Crippen LogP contribution in [-0.2, 0) is 11.3 Å². The zero-order valence-corrected chi connectivity index (χ0v) is 16.4. The van der Waals surface area contributed by atoms with E-state index in [0.717, 1.165) is 55.5 Å². The Kier molecular flexibility index (Phi) is 5.37. The first-order valence-electron chi connectivity index (χ1n) is 9.54. The van der Waals surface area contributed by atoms with E-state index in [9.17, 15) is 4.79 Å². The lowest BCUT2D eigenvalue weighted by Crippen LogP contribution is -2.48. The third-order valence-electron chi connectivity index (χ3n) is 5.66. The number of carbonyl (C=O) groups is 1. The Balaban J connectivity index is 1.28. The highest BCUT2D eigenvalue weighted by Crippen LogP contribution is 2.50. The van der Waals surface area contributed by atoms with Gasteiger partial charge in [0, 0.05) is 43.7 Å². The Morgan fingerprint density at radius 1 is 1.07 bits per heavy atom. The summed E-state index contributed by atoms with van der Waals surface area (Å²) in [5.41, 5.74) is 2.40.